The lowest BCUT2D eigenvalue weighted by atomic mass is 9.93. The van der Waals surface area contributed by atoms with Gasteiger partial charge in [-0.25, -0.2) is 0 Å². The summed E-state index contributed by atoms with van der Waals surface area (Å²) < 4.78 is 0. The third-order valence-corrected chi connectivity index (χ3v) is 5.53. The first-order chi connectivity index (χ1) is 11.5. The van der Waals surface area contributed by atoms with Crippen molar-refractivity contribution in [1.29, 1.82) is 0 Å². The summed E-state index contributed by atoms with van der Waals surface area (Å²) in [6.07, 6.45) is 2.40. The molecule has 0 bridgehead atoms. The van der Waals surface area contributed by atoms with Crippen LogP contribution in [-0.4, -0.2) is 55.0 Å². The van der Waals surface area contributed by atoms with E-state index in [9.17, 15) is 0 Å². The third-order valence-electron chi connectivity index (χ3n) is 5.53. The van der Waals surface area contributed by atoms with Crippen LogP contribution in [0, 0.1) is 5.41 Å². The Hall–Kier alpha value is -0.820. The van der Waals surface area contributed by atoms with Crippen LogP contribution in [0.3, 0.4) is 0 Å². The number of rotatable bonds is 3. The second-order valence-corrected chi connectivity index (χ2v) is 8.10. The lowest BCUT2D eigenvalue weighted by Crippen LogP contribution is -2.48. The molecule has 3 rings (SSSR count). The van der Waals surface area contributed by atoms with Gasteiger partial charge in [0.2, 0.25) is 0 Å². The highest BCUT2D eigenvalue weighted by Gasteiger charge is 2.31. The summed E-state index contributed by atoms with van der Waals surface area (Å²) in [7, 11) is 1.90. The van der Waals surface area contributed by atoms with Gasteiger partial charge in [0.25, 0.3) is 0 Å². The van der Waals surface area contributed by atoms with Crippen molar-refractivity contribution in [3.8, 4) is 0 Å². The number of aliphatic imine (C=N–C) groups is 1. The first-order valence-corrected chi connectivity index (χ1v) is 9.25. The molecular formula is C20H33IN4. The highest BCUT2D eigenvalue weighted by molar-refractivity contribution is 14.0. The standard InChI is InChI=1S/C20H32N4.HI/c1-16(23-11-9-17-7-5-6-8-18(17)14-23)13-22-19(21-4)24-12-10-20(2,3)15-24;/h5-8,16H,9-15H2,1-4H3,(H,21,22);1H. The summed E-state index contributed by atoms with van der Waals surface area (Å²) >= 11 is 0. The Balaban J connectivity index is 0.00000225. The van der Waals surface area contributed by atoms with Crippen molar-refractivity contribution < 1.29 is 0 Å². The Morgan fingerprint density at radius 2 is 1.96 bits per heavy atom. The summed E-state index contributed by atoms with van der Waals surface area (Å²) in [5.74, 6) is 1.06. The number of likely N-dealkylation sites (tertiary alicyclic amines) is 1. The summed E-state index contributed by atoms with van der Waals surface area (Å²) in [6.45, 7) is 12.4. The molecule has 5 heteroatoms. The zero-order chi connectivity index (χ0) is 17.2. The van der Waals surface area contributed by atoms with E-state index >= 15 is 0 Å². The fourth-order valence-electron chi connectivity index (χ4n) is 3.89. The number of halogens is 1. The Kier molecular flexibility index (Phi) is 7.14. The number of fused-ring (bicyclic) bond motifs is 1. The SMILES string of the molecule is CN=C(NCC(C)N1CCc2ccccc2C1)N1CCC(C)(C)C1.I. The van der Waals surface area contributed by atoms with Crippen LogP contribution in [-0.2, 0) is 13.0 Å². The molecule has 25 heavy (non-hydrogen) atoms. The Morgan fingerprint density at radius 1 is 1.24 bits per heavy atom. The monoisotopic (exact) mass is 456 g/mol. The molecule has 1 atom stereocenters. The molecule has 0 saturated carbocycles. The molecule has 0 aliphatic carbocycles. The van der Waals surface area contributed by atoms with Gasteiger partial charge in [0.15, 0.2) is 5.96 Å². The molecule has 140 valence electrons. The van der Waals surface area contributed by atoms with Crippen molar-refractivity contribution in [2.45, 2.75) is 46.2 Å². The average molecular weight is 456 g/mol. The molecule has 1 aromatic rings. The molecule has 1 fully saturated rings. The molecule has 0 spiro atoms. The Morgan fingerprint density at radius 3 is 2.60 bits per heavy atom. The molecule has 2 heterocycles. The zero-order valence-electron chi connectivity index (χ0n) is 16.1. The van der Waals surface area contributed by atoms with Gasteiger partial charge in [0.1, 0.15) is 0 Å². The number of hydrogen-bond donors (Lipinski definition) is 1. The van der Waals surface area contributed by atoms with Gasteiger partial charge in [-0.3, -0.25) is 9.89 Å². The van der Waals surface area contributed by atoms with E-state index in [1.807, 2.05) is 7.05 Å². The van der Waals surface area contributed by atoms with Crippen molar-refractivity contribution in [2.75, 3.05) is 33.2 Å². The fraction of sp³-hybridized carbons (Fsp3) is 0.650. The number of benzene rings is 1. The van der Waals surface area contributed by atoms with Crippen LogP contribution < -0.4 is 5.32 Å². The van der Waals surface area contributed by atoms with E-state index in [4.69, 9.17) is 0 Å². The van der Waals surface area contributed by atoms with Crippen LogP contribution in [0.15, 0.2) is 29.3 Å². The van der Waals surface area contributed by atoms with Crippen molar-refractivity contribution in [3.05, 3.63) is 35.4 Å². The molecule has 0 radical (unpaired) electrons. The number of nitrogens with one attached hydrogen (secondary N) is 1. The first kappa shape index (κ1) is 20.5. The van der Waals surface area contributed by atoms with E-state index in [1.165, 1.54) is 17.5 Å². The second kappa shape index (κ2) is 8.71. The maximum atomic E-state index is 4.50. The summed E-state index contributed by atoms with van der Waals surface area (Å²) in [5, 5.41) is 3.60. The molecule has 0 amide bonds. The van der Waals surface area contributed by atoms with Crippen LogP contribution in [0.1, 0.15) is 38.3 Å². The molecular weight excluding hydrogens is 423 g/mol. The minimum atomic E-state index is 0. The quantitative estimate of drug-likeness (QED) is 0.430. The maximum absolute atomic E-state index is 4.50. The second-order valence-electron chi connectivity index (χ2n) is 8.10. The fourth-order valence-corrected chi connectivity index (χ4v) is 3.89. The van der Waals surface area contributed by atoms with Gasteiger partial charge in [-0.05, 0) is 36.3 Å². The lowest BCUT2D eigenvalue weighted by Gasteiger charge is -2.34. The average Bonchev–Trinajstić information content (AvgIpc) is 2.94. The highest BCUT2D eigenvalue weighted by Crippen LogP contribution is 2.28. The van der Waals surface area contributed by atoms with Gasteiger partial charge in [0, 0.05) is 45.8 Å². The molecule has 1 saturated heterocycles. The van der Waals surface area contributed by atoms with Crippen molar-refractivity contribution >= 4 is 29.9 Å². The predicted octanol–water partition coefficient (Wildman–Crippen LogP) is 3.36. The zero-order valence-corrected chi connectivity index (χ0v) is 18.4. The van der Waals surface area contributed by atoms with Gasteiger partial charge < -0.3 is 10.2 Å². The van der Waals surface area contributed by atoms with Gasteiger partial charge in [-0.1, -0.05) is 38.1 Å². The minimum Gasteiger partial charge on any atom is -0.355 e. The molecule has 4 nitrogen and oxygen atoms in total. The number of hydrogen-bond acceptors (Lipinski definition) is 2. The topological polar surface area (TPSA) is 30.9 Å². The molecule has 1 unspecified atom stereocenters. The van der Waals surface area contributed by atoms with E-state index in [1.54, 1.807) is 0 Å². The maximum Gasteiger partial charge on any atom is 0.193 e. The van der Waals surface area contributed by atoms with Crippen LogP contribution in [0.5, 0.6) is 0 Å². The van der Waals surface area contributed by atoms with Crippen LogP contribution in [0.2, 0.25) is 0 Å². The van der Waals surface area contributed by atoms with Crippen molar-refractivity contribution in [2.24, 2.45) is 10.4 Å². The molecule has 0 aromatic heterocycles. The van der Waals surface area contributed by atoms with Gasteiger partial charge >= 0.3 is 0 Å². The third kappa shape index (κ3) is 5.09. The van der Waals surface area contributed by atoms with Crippen molar-refractivity contribution in [1.82, 2.24) is 15.1 Å². The van der Waals surface area contributed by atoms with Crippen molar-refractivity contribution in [3.63, 3.8) is 0 Å². The lowest BCUT2D eigenvalue weighted by molar-refractivity contribution is 0.190. The number of nitrogens with zero attached hydrogens (tertiary/aromatic N) is 3. The smallest absolute Gasteiger partial charge is 0.193 e. The summed E-state index contributed by atoms with van der Waals surface area (Å²) in [5.41, 5.74) is 3.41. The molecule has 2 aliphatic rings. The van der Waals surface area contributed by atoms with Gasteiger partial charge in [-0.2, -0.15) is 0 Å². The van der Waals surface area contributed by atoms with Gasteiger partial charge in [-0.15, -0.1) is 24.0 Å². The molecule has 1 N–H and O–H groups in total. The Bertz CT molecular complexity index is 599. The van der Waals surface area contributed by atoms with Crippen LogP contribution >= 0.6 is 24.0 Å². The molecule has 1 aromatic carbocycles. The largest absolute Gasteiger partial charge is 0.355 e. The van der Waals surface area contributed by atoms with Crippen LogP contribution in [0.25, 0.3) is 0 Å². The minimum absolute atomic E-state index is 0. The summed E-state index contributed by atoms with van der Waals surface area (Å²) in [6, 6.07) is 9.36. The summed E-state index contributed by atoms with van der Waals surface area (Å²) in [4.78, 5) is 9.48. The number of guanidine groups is 1. The van der Waals surface area contributed by atoms with E-state index in [0.717, 1.165) is 45.1 Å². The molecule has 2 aliphatic heterocycles. The first-order valence-electron chi connectivity index (χ1n) is 9.25. The van der Waals surface area contributed by atoms with E-state index in [-0.39, 0.29) is 24.0 Å². The predicted molar refractivity (Wildman–Crippen MR) is 117 cm³/mol. The highest BCUT2D eigenvalue weighted by atomic mass is 127. The van der Waals surface area contributed by atoms with E-state index in [0.29, 0.717) is 11.5 Å². The normalized spacial score (nSPS) is 21.4. The Labute approximate surface area is 170 Å². The van der Waals surface area contributed by atoms with E-state index < -0.39 is 0 Å². The van der Waals surface area contributed by atoms with Gasteiger partial charge in [0.05, 0.1) is 0 Å². The van der Waals surface area contributed by atoms with E-state index in [2.05, 4.69) is 65.1 Å². The van der Waals surface area contributed by atoms with Crippen LogP contribution in [0.4, 0.5) is 0 Å².